The van der Waals surface area contributed by atoms with Crippen LogP contribution in [0.5, 0.6) is 0 Å². The Balaban J connectivity index is 5.57. The molecule has 0 aliphatic carbocycles. The summed E-state index contributed by atoms with van der Waals surface area (Å²) in [6, 6.07) is 0.478. The van der Waals surface area contributed by atoms with Gasteiger partial charge in [-0.3, -0.25) is 0 Å². The van der Waals surface area contributed by atoms with Gasteiger partial charge in [0.2, 0.25) is 0 Å². The van der Waals surface area contributed by atoms with Gasteiger partial charge in [-0.2, -0.15) is 26.3 Å². The van der Waals surface area contributed by atoms with Crippen molar-refractivity contribution in [1.82, 2.24) is 0 Å². The molecule has 0 atom stereocenters. The number of hydrogen-bond acceptors (Lipinski definition) is 3. The first-order chi connectivity index (χ1) is 15.1. The number of alkyl halides is 6. The van der Waals surface area contributed by atoms with Gasteiger partial charge in [0.25, 0.3) is 5.60 Å². The van der Waals surface area contributed by atoms with E-state index in [0.29, 0.717) is 19.3 Å². The number of carbonyl (C=O) groups is 1. The van der Waals surface area contributed by atoms with Gasteiger partial charge >= 0.3 is 18.3 Å². The largest absolute Gasteiger partial charge is 0.463 e. The minimum absolute atomic E-state index is 0.0186. The Morgan fingerprint density at radius 3 is 1.82 bits per heavy atom. The lowest BCUT2D eigenvalue weighted by atomic mass is 9.83. The molecule has 0 heterocycles. The van der Waals surface area contributed by atoms with Crippen LogP contribution in [0.4, 0.5) is 26.3 Å². The molecular formula is C23H38F6O3Si. The summed E-state index contributed by atoms with van der Waals surface area (Å²) in [5.41, 5.74) is -4.85. The zero-order valence-corrected chi connectivity index (χ0v) is 21.5. The Hall–Kier alpha value is -1.29. The summed E-state index contributed by atoms with van der Waals surface area (Å²) < 4.78 is 93.4. The van der Waals surface area contributed by atoms with Gasteiger partial charge in [0.15, 0.2) is 8.32 Å². The van der Waals surface area contributed by atoms with Crippen molar-refractivity contribution in [1.29, 1.82) is 0 Å². The molecular weight excluding hydrogens is 466 g/mol. The molecule has 0 saturated heterocycles. The second-order valence-corrected chi connectivity index (χ2v) is 13.6. The zero-order chi connectivity index (χ0) is 26.0. The van der Waals surface area contributed by atoms with Crippen molar-refractivity contribution in [3.8, 4) is 0 Å². The average molecular weight is 505 g/mol. The van der Waals surface area contributed by atoms with E-state index in [1.807, 2.05) is 0 Å². The number of carbonyl (C=O) groups excluding carboxylic acids is 1. The predicted octanol–water partition coefficient (Wildman–Crippen LogP) is 8.13. The molecule has 0 aromatic rings. The molecule has 10 heteroatoms. The SMILES string of the molecule is CCOC(=O)C=CCCCC(C)(C)CC=CC(O[Si](CC)(CC)CC)(C(F)(F)F)C(F)(F)F. The van der Waals surface area contributed by atoms with E-state index in [4.69, 9.17) is 9.16 Å². The van der Waals surface area contributed by atoms with Crippen molar-refractivity contribution in [3.05, 3.63) is 24.3 Å². The van der Waals surface area contributed by atoms with Crippen molar-refractivity contribution in [3.63, 3.8) is 0 Å². The highest BCUT2D eigenvalue weighted by Crippen LogP contribution is 2.50. The van der Waals surface area contributed by atoms with Crippen molar-refractivity contribution >= 4 is 14.3 Å². The smallest absolute Gasteiger partial charge is 0.429 e. The Bertz CT molecular complexity index is 627. The van der Waals surface area contributed by atoms with Crippen molar-refractivity contribution in [2.45, 2.75) is 103 Å². The number of rotatable bonds is 14. The molecule has 0 radical (unpaired) electrons. The second kappa shape index (κ2) is 13.0. The van der Waals surface area contributed by atoms with Crippen molar-refractivity contribution < 1.29 is 40.3 Å². The van der Waals surface area contributed by atoms with Gasteiger partial charge < -0.3 is 9.16 Å². The Labute approximate surface area is 194 Å². The van der Waals surface area contributed by atoms with E-state index in [2.05, 4.69) is 0 Å². The number of unbranched alkanes of at least 4 members (excludes halogenated alkanes) is 1. The number of esters is 1. The summed E-state index contributed by atoms with van der Waals surface area (Å²) >= 11 is 0. The third-order valence-corrected chi connectivity index (χ3v) is 10.6. The molecule has 33 heavy (non-hydrogen) atoms. The van der Waals surface area contributed by atoms with Gasteiger partial charge in [-0.05, 0) is 62.2 Å². The number of halogens is 6. The lowest BCUT2D eigenvalue weighted by Crippen LogP contribution is -2.62. The van der Waals surface area contributed by atoms with E-state index in [9.17, 15) is 31.1 Å². The summed E-state index contributed by atoms with van der Waals surface area (Å²) in [6.45, 7) is 10.3. The molecule has 0 aliphatic heterocycles. The van der Waals surface area contributed by atoms with Gasteiger partial charge in [-0.25, -0.2) is 4.79 Å². The molecule has 0 aliphatic rings. The first-order valence-corrected chi connectivity index (χ1v) is 13.9. The average Bonchev–Trinajstić information content (AvgIpc) is 2.69. The van der Waals surface area contributed by atoms with E-state index < -0.39 is 37.7 Å². The number of ether oxygens (including phenoxy) is 1. The van der Waals surface area contributed by atoms with E-state index in [0.717, 1.165) is 6.08 Å². The predicted molar refractivity (Wildman–Crippen MR) is 120 cm³/mol. The highest BCUT2D eigenvalue weighted by molar-refractivity contribution is 6.73. The molecule has 0 amide bonds. The first-order valence-electron chi connectivity index (χ1n) is 11.4. The molecule has 0 spiro atoms. The summed E-state index contributed by atoms with van der Waals surface area (Å²) in [7, 11) is -3.25. The van der Waals surface area contributed by atoms with Crippen LogP contribution in [0.1, 0.15) is 67.2 Å². The van der Waals surface area contributed by atoms with E-state index in [1.54, 1.807) is 47.6 Å². The van der Waals surface area contributed by atoms with Gasteiger partial charge in [-0.1, -0.05) is 46.8 Å². The van der Waals surface area contributed by atoms with Gasteiger partial charge in [0.1, 0.15) is 0 Å². The zero-order valence-electron chi connectivity index (χ0n) is 20.5. The van der Waals surface area contributed by atoms with Crippen LogP contribution >= 0.6 is 0 Å². The highest BCUT2D eigenvalue weighted by atomic mass is 28.4. The van der Waals surface area contributed by atoms with Crippen LogP contribution in [0, 0.1) is 5.41 Å². The Morgan fingerprint density at radius 1 is 0.879 bits per heavy atom. The maximum Gasteiger partial charge on any atom is 0.429 e. The molecule has 0 rings (SSSR count). The normalized spacial score (nSPS) is 14.4. The van der Waals surface area contributed by atoms with E-state index in [1.165, 1.54) is 6.08 Å². The van der Waals surface area contributed by atoms with E-state index in [-0.39, 0.29) is 37.2 Å². The molecule has 0 saturated carbocycles. The maximum atomic E-state index is 13.9. The molecule has 0 bridgehead atoms. The topological polar surface area (TPSA) is 35.5 Å². The van der Waals surface area contributed by atoms with Crippen LogP contribution in [0.15, 0.2) is 24.3 Å². The summed E-state index contributed by atoms with van der Waals surface area (Å²) in [5.74, 6) is -0.457. The molecule has 0 aromatic heterocycles. The molecule has 0 fully saturated rings. The van der Waals surface area contributed by atoms with Crippen molar-refractivity contribution in [2.75, 3.05) is 6.61 Å². The fourth-order valence-corrected chi connectivity index (χ4v) is 6.44. The molecule has 0 N–H and O–H groups in total. The summed E-state index contributed by atoms with van der Waals surface area (Å²) in [6.07, 6.45) is -5.47. The molecule has 194 valence electrons. The third-order valence-electron chi connectivity index (χ3n) is 5.94. The quantitative estimate of drug-likeness (QED) is 0.0598. The fourth-order valence-electron chi connectivity index (χ4n) is 3.52. The lowest BCUT2D eigenvalue weighted by molar-refractivity contribution is -0.341. The molecule has 3 nitrogen and oxygen atoms in total. The third kappa shape index (κ3) is 9.46. The fraction of sp³-hybridized carbons (Fsp3) is 0.783. The Kier molecular flexibility index (Phi) is 12.5. The molecule has 0 aromatic carbocycles. The maximum absolute atomic E-state index is 13.9. The highest BCUT2D eigenvalue weighted by Gasteiger charge is 2.72. The van der Waals surface area contributed by atoms with Crippen LogP contribution in [0.25, 0.3) is 0 Å². The summed E-state index contributed by atoms with van der Waals surface area (Å²) in [5, 5.41) is 0. The minimum Gasteiger partial charge on any atom is -0.463 e. The first kappa shape index (κ1) is 31.7. The second-order valence-electron chi connectivity index (χ2n) is 8.89. The van der Waals surface area contributed by atoms with Gasteiger partial charge in [0.05, 0.1) is 6.61 Å². The van der Waals surface area contributed by atoms with Crippen LogP contribution < -0.4 is 0 Å². The number of allylic oxidation sites excluding steroid dienone is 2. The van der Waals surface area contributed by atoms with Crippen LogP contribution in [-0.2, 0) is 14.0 Å². The van der Waals surface area contributed by atoms with Crippen LogP contribution in [-0.4, -0.2) is 38.8 Å². The van der Waals surface area contributed by atoms with Crippen LogP contribution in [0.2, 0.25) is 18.1 Å². The monoisotopic (exact) mass is 504 g/mol. The van der Waals surface area contributed by atoms with Gasteiger partial charge in [-0.15, -0.1) is 0 Å². The molecule has 0 unspecified atom stereocenters. The lowest BCUT2D eigenvalue weighted by Gasteiger charge is -2.42. The van der Waals surface area contributed by atoms with Crippen molar-refractivity contribution in [2.24, 2.45) is 5.41 Å². The van der Waals surface area contributed by atoms with E-state index >= 15 is 0 Å². The standard InChI is InChI=1S/C23H38F6O3Si/c1-7-31-19(30)15-12-11-13-16-20(5,6)17-14-18-21(22(24,25)26,23(27,28)29)32-33(8-2,9-3)10-4/h12,14-15,18H,7-11,13,16-17H2,1-6H3. The minimum atomic E-state index is -5.64. The van der Waals surface area contributed by atoms with Gasteiger partial charge in [0, 0.05) is 6.08 Å². The summed E-state index contributed by atoms with van der Waals surface area (Å²) in [4.78, 5) is 11.3. The number of hydrogen-bond donors (Lipinski definition) is 0. The van der Waals surface area contributed by atoms with Crippen LogP contribution in [0.3, 0.4) is 0 Å². The Morgan fingerprint density at radius 2 is 1.39 bits per heavy atom.